The SMILES string of the molecule is CCc1ccnc(F)c1NC(=O)OC(C)(C)C. The zero-order chi connectivity index (χ0) is 13.1. The van der Waals surface area contributed by atoms with E-state index in [4.69, 9.17) is 4.74 Å². The second-order valence-corrected chi connectivity index (χ2v) is 4.62. The number of amides is 1. The fourth-order valence-corrected chi connectivity index (χ4v) is 1.31. The predicted octanol–water partition coefficient (Wildman–Crippen LogP) is 3.13. The van der Waals surface area contributed by atoms with Gasteiger partial charge >= 0.3 is 6.09 Å². The highest BCUT2D eigenvalue weighted by Gasteiger charge is 2.18. The van der Waals surface area contributed by atoms with Gasteiger partial charge in [-0.1, -0.05) is 6.92 Å². The van der Waals surface area contributed by atoms with Crippen LogP contribution < -0.4 is 5.32 Å². The number of ether oxygens (including phenoxy) is 1. The summed E-state index contributed by atoms with van der Waals surface area (Å²) in [6, 6.07) is 1.66. The first kappa shape index (κ1) is 13.4. The van der Waals surface area contributed by atoms with Crippen LogP contribution in [0.2, 0.25) is 0 Å². The molecular formula is C12H17FN2O2. The van der Waals surface area contributed by atoms with Crippen LogP contribution in [0.3, 0.4) is 0 Å². The molecule has 1 N–H and O–H groups in total. The monoisotopic (exact) mass is 240 g/mol. The molecule has 0 fully saturated rings. The van der Waals surface area contributed by atoms with Crippen LogP contribution in [-0.2, 0) is 11.2 Å². The fourth-order valence-electron chi connectivity index (χ4n) is 1.31. The molecule has 0 atom stereocenters. The number of hydrogen-bond donors (Lipinski definition) is 1. The Hall–Kier alpha value is -1.65. The van der Waals surface area contributed by atoms with Gasteiger partial charge in [-0.2, -0.15) is 4.39 Å². The molecule has 0 saturated heterocycles. The minimum Gasteiger partial charge on any atom is -0.444 e. The smallest absolute Gasteiger partial charge is 0.412 e. The van der Waals surface area contributed by atoms with Crippen molar-refractivity contribution in [2.45, 2.75) is 39.7 Å². The molecule has 0 aliphatic carbocycles. The first-order chi connectivity index (χ1) is 7.83. The number of aryl methyl sites for hydroxylation is 1. The molecule has 0 saturated carbocycles. The van der Waals surface area contributed by atoms with E-state index < -0.39 is 17.6 Å². The van der Waals surface area contributed by atoms with Gasteiger partial charge in [-0.25, -0.2) is 9.78 Å². The summed E-state index contributed by atoms with van der Waals surface area (Å²) in [5, 5.41) is 2.39. The largest absolute Gasteiger partial charge is 0.444 e. The molecule has 17 heavy (non-hydrogen) atoms. The molecular weight excluding hydrogens is 223 g/mol. The lowest BCUT2D eigenvalue weighted by Crippen LogP contribution is -2.28. The molecule has 94 valence electrons. The molecule has 1 heterocycles. The summed E-state index contributed by atoms with van der Waals surface area (Å²) in [6.07, 6.45) is 1.29. The van der Waals surface area contributed by atoms with Gasteiger partial charge in [0.25, 0.3) is 0 Å². The van der Waals surface area contributed by atoms with E-state index in [1.54, 1.807) is 26.8 Å². The highest BCUT2D eigenvalue weighted by Crippen LogP contribution is 2.19. The average molecular weight is 240 g/mol. The molecule has 1 aromatic rings. The third kappa shape index (κ3) is 4.01. The van der Waals surface area contributed by atoms with E-state index in [0.29, 0.717) is 12.0 Å². The number of rotatable bonds is 2. The van der Waals surface area contributed by atoms with E-state index in [0.717, 1.165) is 0 Å². The lowest BCUT2D eigenvalue weighted by Gasteiger charge is -2.20. The van der Waals surface area contributed by atoms with E-state index in [1.165, 1.54) is 6.20 Å². The summed E-state index contributed by atoms with van der Waals surface area (Å²) in [5.41, 5.74) is 0.155. The van der Waals surface area contributed by atoms with E-state index >= 15 is 0 Å². The van der Waals surface area contributed by atoms with Crippen LogP contribution in [0.25, 0.3) is 0 Å². The number of anilines is 1. The Balaban J connectivity index is 2.84. The van der Waals surface area contributed by atoms with Gasteiger partial charge in [0.1, 0.15) is 11.3 Å². The van der Waals surface area contributed by atoms with Crippen LogP contribution in [0, 0.1) is 5.95 Å². The van der Waals surface area contributed by atoms with Crippen LogP contribution in [0.15, 0.2) is 12.3 Å². The first-order valence-corrected chi connectivity index (χ1v) is 5.47. The van der Waals surface area contributed by atoms with Crippen LogP contribution in [0.5, 0.6) is 0 Å². The lowest BCUT2D eigenvalue weighted by atomic mass is 10.2. The van der Waals surface area contributed by atoms with Gasteiger partial charge in [0.2, 0.25) is 5.95 Å². The van der Waals surface area contributed by atoms with E-state index in [1.807, 2.05) is 6.92 Å². The highest BCUT2D eigenvalue weighted by molar-refractivity contribution is 5.85. The van der Waals surface area contributed by atoms with Crippen molar-refractivity contribution >= 4 is 11.8 Å². The van der Waals surface area contributed by atoms with Crippen molar-refractivity contribution in [3.63, 3.8) is 0 Å². The molecule has 5 heteroatoms. The van der Waals surface area contributed by atoms with Crippen LogP contribution in [0.4, 0.5) is 14.9 Å². The summed E-state index contributed by atoms with van der Waals surface area (Å²) in [6.45, 7) is 7.10. The molecule has 0 spiro atoms. The molecule has 0 radical (unpaired) electrons. The summed E-state index contributed by atoms with van der Waals surface area (Å²) >= 11 is 0. The van der Waals surface area contributed by atoms with Crippen molar-refractivity contribution in [2.24, 2.45) is 0 Å². The molecule has 0 aliphatic heterocycles. The van der Waals surface area contributed by atoms with Gasteiger partial charge in [0, 0.05) is 6.20 Å². The number of aromatic nitrogens is 1. The van der Waals surface area contributed by atoms with Crippen LogP contribution in [0.1, 0.15) is 33.3 Å². The number of carbonyl (C=O) groups excluding carboxylic acids is 1. The van der Waals surface area contributed by atoms with Gasteiger partial charge in [0.05, 0.1) is 0 Å². The van der Waals surface area contributed by atoms with Crippen molar-refractivity contribution in [3.8, 4) is 0 Å². The maximum atomic E-state index is 13.4. The van der Waals surface area contributed by atoms with Gasteiger partial charge < -0.3 is 4.74 Å². The molecule has 4 nitrogen and oxygen atoms in total. The third-order valence-corrected chi connectivity index (χ3v) is 2.00. The first-order valence-electron chi connectivity index (χ1n) is 5.47. The van der Waals surface area contributed by atoms with E-state index in [-0.39, 0.29) is 5.69 Å². The van der Waals surface area contributed by atoms with Crippen molar-refractivity contribution < 1.29 is 13.9 Å². The summed E-state index contributed by atoms with van der Waals surface area (Å²) in [4.78, 5) is 15.0. The molecule has 0 bridgehead atoms. The number of nitrogens with one attached hydrogen (secondary N) is 1. The standard InChI is InChI=1S/C12H17FN2O2/c1-5-8-6-7-14-10(13)9(8)15-11(16)17-12(2,3)4/h6-7H,5H2,1-4H3,(H,15,16). The molecule has 0 aliphatic rings. The van der Waals surface area contributed by atoms with Crippen molar-refractivity contribution in [1.82, 2.24) is 4.98 Å². The Kier molecular flexibility index (Phi) is 4.04. The Labute approximate surface area is 100 Å². The Morgan fingerprint density at radius 3 is 2.71 bits per heavy atom. The second-order valence-electron chi connectivity index (χ2n) is 4.62. The maximum absolute atomic E-state index is 13.4. The number of carbonyl (C=O) groups is 1. The zero-order valence-corrected chi connectivity index (χ0v) is 10.5. The normalized spacial score (nSPS) is 11.1. The van der Waals surface area contributed by atoms with Crippen molar-refractivity contribution in [3.05, 3.63) is 23.8 Å². The number of nitrogens with zero attached hydrogens (tertiary/aromatic N) is 1. The lowest BCUT2D eigenvalue weighted by molar-refractivity contribution is 0.0635. The molecule has 1 rings (SSSR count). The van der Waals surface area contributed by atoms with E-state index in [2.05, 4.69) is 10.3 Å². The predicted molar refractivity (Wildman–Crippen MR) is 63.4 cm³/mol. The quantitative estimate of drug-likeness (QED) is 0.808. The molecule has 1 aromatic heterocycles. The van der Waals surface area contributed by atoms with Gasteiger partial charge in [-0.05, 0) is 38.8 Å². The zero-order valence-electron chi connectivity index (χ0n) is 10.5. The number of hydrogen-bond acceptors (Lipinski definition) is 3. The third-order valence-electron chi connectivity index (χ3n) is 2.00. The van der Waals surface area contributed by atoms with Gasteiger partial charge in [-0.3, -0.25) is 5.32 Å². The number of halogens is 1. The highest BCUT2D eigenvalue weighted by atomic mass is 19.1. The van der Waals surface area contributed by atoms with Crippen LogP contribution >= 0.6 is 0 Å². The van der Waals surface area contributed by atoms with Crippen molar-refractivity contribution in [1.29, 1.82) is 0 Å². The summed E-state index contributed by atoms with van der Waals surface area (Å²) < 4.78 is 18.5. The molecule has 0 aromatic carbocycles. The molecule has 0 unspecified atom stereocenters. The Morgan fingerprint density at radius 1 is 1.53 bits per heavy atom. The van der Waals surface area contributed by atoms with Crippen molar-refractivity contribution in [2.75, 3.05) is 5.32 Å². The van der Waals surface area contributed by atoms with Gasteiger partial charge in [0.15, 0.2) is 0 Å². The topological polar surface area (TPSA) is 51.2 Å². The second kappa shape index (κ2) is 5.12. The Morgan fingerprint density at radius 2 is 2.18 bits per heavy atom. The van der Waals surface area contributed by atoms with Gasteiger partial charge in [-0.15, -0.1) is 0 Å². The molecule has 1 amide bonds. The van der Waals surface area contributed by atoms with E-state index in [9.17, 15) is 9.18 Å². The average Bonchev–Trinajstić information content (AvgIpc) is 2.18. The number of pyridine rings is 1. The van der Waals surface area contributed by atoms with Crippen LogP contribution in [-0.4, -0.2) is 16.7 Å². The summed E-state index contributed by atoms with van der Waals surface area (Å²) in [7, 11) is 0. The minimum absolute atomic E-state index is 0.0873. The fraction of sp³-hybridized carbons (Fsp3) is 0.500. The minimum atomic E-state index is -0.699. The maximum Gasteiger partial charge on any atom is 0.412 e. The summed E-state index contributed by atoms with van der Waals surface area (Å²) in [5.74, 6) is -0.699. The Bertz CT molecular complexity index is 413.